The number of hydrogen-bond donors (Lipinski definition) is 0. The van der Waals surface area contributed by atoms with Crippen LogP contribution in [0.1, 0.15) is 106 Å². The van der Waals surface area contributed by atoms with Crippen LogP contribution < -0.4 is 0 Å². The summed E-state index contributed by atoms with van der Waals surface area (Å²) in [6, 6.07) is 0. The zero-order chi connectivity index (χ0) is 19.6. The van der Waals surface area contributed by atoms with E-state index in [0.29, 0.717) is 5.41 Å². The third-order valence-electron chi connectivity index (χ3n) is 9.23. The summed E-state index contributed by atoms with van der Waals surface area (Å²) >= 11 is 0. The molecule has 3 saturated carbocycles. The van der Waals surface area contributed by atoms with E-state index in [1.54, 1.807) is 11.1 Å². The summed E-state index contributed by atoms with van der Waals surface area (Å²) in [4.78, 5) is 0. The van der Waals surface area contributed by atoms with Gasteiger partial charge in [0, 0.05) is 0 Å². The fraction of sp³-hybridized carbons (Fsp3) is 0.852. The highest BCUT2D eigenvalue weighted by Crippen LogP contribution is 2.59. The van der Waals surface area contributed by atoms with Crippen molar-refractivity contribution in [3.8, 4) is 0 Å². The Morgan fingerprint density at radius 1 is 1.07 bits per heavy atom. The largest absolute Gasteiger partial charge is 0.0697 e. The average Bonchev–Trinajstić information content (AvgIpc) is 2.99. The summed E-state index contributed by atoms with van der Waals surface area (Å²) < 4.78 is 0. The van der Waals surface area contributed by atoms with Crippen LogP contribution in [0.3, 0.4) is 0 Å². The molecule has 6 atom stereocenters. The van der Waals surface area contributed by atoms with E-state index in [4.69, 9.17) is 0 Å². The Bertz CT molecular complexity index is 538. The Kier molecular flexibility index (Phi) is 6.97. The molecule has 154 valence electrons. The molecule has 0 spiro atoms. The standard InChI is InChI=1S/C27H46/c1-7-8-10-19(2)25-14-15-26-24(11-9-16-27(25,26)6)13-12-23-17-20(3)22(5)21(4)18-23/h12-13,19-22,25-26H,7-11,14-18H2,1-6H3/b23-12?,24-13+/t19-,20+,21+,22?,25?,26?,27+/m0/s1. The molecule has 2 unspecified atom stereocenters. The molecule has 0 bridgehead atoms. The summed E-state index contributed by atoms with van der Waals surface area (Å²) in [5, 5.41) is 0. The molecule has 0 saturated heterocycles. The maximum absolute atomic E-state index is 2.66. The van der Waals surface area contributed by atoms with Crippen molar-refractivity contribution in [3.05, 3.63) is 23.3 Å². The van der Waals surface area contributed by atoms with Crippen LogP contribution in [0, 0.1) is 40.9 Å². The van der Waals surface area contributed by atoms with Gasteiger partial charge in [-0.3, -0.25) is 0 Å². The molecular formula is C27H46. The Morgan fingerprint density at radius 2 is 1.78 bits per heavy atom. The normalized spacial score (nSPS) is 42.2. The van der Waals surface area contributed by atoms with E-state index in [0.717, 1.165) is 35.5 Å². The van der Waals surface area contributed by atoms with Crippen molar-refractivity contribution in [2.75, 3.05) is 0 Å². The van der Waals surface area contributed by atoms with Crippen LogP contribution in [0.15, 0.2) is 23.3 Å². The first kappa shape index (κ1) is 21.2. The van der Waals surface area contributed by atoms with E-state index in [9.17, 15) is 0 Å². The van der Waals surface area contributed by atoms with Crippen molar-refractivity contribution >= 4 is 0 Å². The number of fused-ring (bicyclic) bond motifs is 1. The van der Waals surface area contributed by atoms with Crippen LogP contribution >= 0.6 is 0 Å². The molecule has 27 heavy (non-hydrogen) atoms. The number of allylic oxidation sites excluding steroid dienone is 4. The molecule has 0 aromatic rings. The van der Waals surface area contributed by atoms with Gasteiger partial charge in [0.15, 0.2) is 0 Å². The van der Waals surface area contributed by atoms with Gasteiger partial charge in [0.25, 0.3) is 0 Å². The predicted octanol–water partition coefficient (Wildman–Crippen LogP) is 8.58. The first-order valence-corrected chi connectivity index (χ1v) is 12.2. The molecule has 0 aromatic carbocycles. The van der Waals surface area contributed by atoms with Crippen LogP contribution in [-0.4, -0.2) is 0 Å². The Labute approximate surface area is 170 Å². The SMILES string of the molecule is CCCC[C@H](C)C1CCC2/C(=C/C=C3C[C@@H](C)C(C)[C@H](C)C3)CCC[C@@]21C. The van der Waals surface area contributed by atoms with Crippen LogP contribution in [0.25, 0.3) is 0 Å². The Hall–Kier alpha value is -0.520. The summed E-state index contributed by atoms with van der Waals surface area (Å²) in [5.41, 5.74) is 4.11. The minimum absolute atomic E-state index is 0.581. The molecule has 0 aliphatic heterocycles. The highest BCUT2D eigenvalue weighted by Gasteiger charge is 2.50. The van der Waals surface area contributed by atoms with Crippen molar-refractivity contribution in [1.82, 2.24) is 0 Å². The number of hydrogen-bond acceptors (Lipinski definition) is 0. The minimum atomic E-state index is 0.581. The summed E-state index contributed by atoms with van der Waals surface area (Å²) in [6.07, 6.45) is 19.2. The van der Waals surface area contributed by atoms with E-state index in [1.165, 1.54) is 64.2 Å². The average molecular weight is 371 g/mol. The minimum Gasteiger partial charge on any atom is -0.0697 e. The quantitative estimate of drug-likeness (QED) is 0.454. The van der Waals surface area contributed by atoms with Crippen LogP contribution in [0.4, 0.5) is 0 Å². The van der Waals surface area contributed by atoms with Gasteiger partial charge in [-0.15, -0.1) is 0 Å². The van der Waals surface area contributed by atoms with E-state index in [2.05, 4.69) is 53.7 Å². The summed E-state index contributed by atoms with van der Waals surface area (Å²) in [7, 11) is 0. The lowest BCUT2D eigenvalue weighted by molar-refractivity contribution is 0.0934. The van der Waals surface area contributed by atoms with E-state index >= 15 is 0 Å². The predicted molar refractivity (Wildman–Crippen MR) is 120 cm³/mol. The second-order valence-electron chi connectivity index (χ2n) is 11.0. The van der Waals surface area contributed by atoms with Crippen molar-refractivity contribution in [2.24, 2.45) is 40.9 Å². The zero-order valence-electron chi connectivity index (χ0n) is 19.2. The fourth-order valence-corrected chi connectivity index (χ4v) is 7.15. The lowest BCUT2D eigenvalue weighted by Crippen LogP contribution is -2.36. The third kappa shape index (κ3) is 4.40. The van der Waals surface area contributed by atoms with E-state index in [-0.39, 0.29) is 0 Å². The maximum atomic E-state index is 2.66. The molecule has 3 aliphatic carbocycles. The lowest BCUT2D eigenvalue weighted by Gasteiger charge is -2.44. The zero-order valence-corrected chi connectivity index (χ0v) is 19.2. The van der Waals surface area contributed by atoms with Gasteiger partial charge in [-0.2, -0.15) is 0 Å². The van der Waals surface area contributed by atoms with Crippen molar-refractivity contribution in [2.45, 2.75) is 106 Å². The second-order valence-corrected chi connectivity index (χ2v) is 11.0. The molecule has 3 fully saturated rings. The molecule has 0 N–H and O–H groups in total. The highest BCUT2D eigenvalue weighted by molar-refractivity contribution is 5.26. The molecule has 0 heteroatoms. The van der Waals surface area contributed by atoms with Gasteiger partial charge in [-0.25, -0.2) is 0 Å². The van der Waals surface area contributed by atoms with Crippen molar-refractivity contribution in [1.29, 1.82) is 0 Å². The van der Waals surface area contributed by atoms with E-state index < -0.39 is 0 Å². The lowest BCUT2D eigenvalue weighted by atomic mass is 9.60. The van der Waals surface area contributed by atoms with Crippen molar-refractivity contribution in [3.63, 3.8) is 0 Å². The third-order valence-corrected chi connectivity index (χ3v) is 9.23. The van der Waals surface area contributed by atoms with Gasteiger partial charge in [0.2, 0.25) is 0 Å². The molecule has 0 amide bonds. The first-order valence-electron chi connectivity index (χ1n) is 12.2. The molecule has 0 radical (unpaired) electrons. The Morgan fingerprint density at radius 3 is 2.44 bits per heavy atom. The highest BCUT2D eigenvalue weighted by atomic mass is 14.5. The topological polar surface area (TPSA) is 0 Å². The van der Waals surface area contributed by atoms with Gasteiger partial charge >= 0.3 is 0 Å². The smallest absolute Gasteiger partial charge is 0.0143 e. The first-order chi connectivity index (χ1) is 12.9. The molecular weight excluding hydrogens is 324 g/mol. The summed E-state index contributed by atoms with van der Waals surface area (Å²) in [5.74, 6) is 5.33. The number of unbranched alkanes of at least 4 members (excludes halogenated alkanes) is 1. The summed E-state index contributed by atoms with van der Waals surface area (Å²) in [6.45, 7) is 14.9. The Balaban J connectivity index is 1.73. The van der Waals surface area contributed by atoms with Crippen LogP contribution in [0.5, 0.6) is 0 Å². The molecule has 0 nitrogen and oxygen atoms in total. The molecule has 0 aromatic heterocycles. The van der Waals surface area contributed by atoms with Gasteiger partial charge in [0.1, 0.15) is 0 Å². The fourth-order valence-electron chi connectivity index (χ4n) is 7.15. The second kappa shape index (κ2) is 8.87. The number of rotatable bonds is 5. The van der Waals surface area contributed by atoms with Gasteiger partial charge < -0.3 is 0 Å². The molecule has 3 rings (SSSR count). The van der Waals surface area contributed by atoms with Crippen LogP contribution in [-0.2, 0) is 0 Å². The monoisotopic (exact) mass is 370 g/mol. The molecule has 0 heterocycles. The van der Waals surface area contributed by atoms with E-state index in [1.807, 2.05) is 0 Å². The van der Waals surface area contributed by atoms with Gasteiger partial charge in [-0.1, -0.05) is 84.1 Å². The van der Waals surface area contributed by atoms with Crippen molar-refractivity contribution < 1.29 is 0 Å². The van der Waals surface area contributed by atoms with Crippen LogP contribution in [0.2, 0.25) is 0 Å². The van der Waals surface area contributed by atoms with Gasteiger partial charge in [0.05, 0.1) is 0 Å². The maximum Gasteiger partial charge on any atom is -0.0143 e. The van der Waals surface area contributed by atoms with Gasteiger partial charge in [-0.05, 0) is 85.9 Å². The molecule has 3 aliphatic rings.